The van der Waals surface area contributed by atoms with Crippen molar-refractivity contribution in [3.8, 4) is 17.2 Å². The maximum Gasteiger partial charge on any atom is 0.178 e. The average Bonchev–Trinajstić information content (AvgIpc) is 2.73. The van der Waals surface area contributed by atoms with E-state index in [9.17, 15) is 14.7 Å². The van der Waals surface area contributed by atoms with Gasteiger partial charge in [-0.1, -0.05) is 29.8 Å². The van der Waals surface area contributed by atoms with Crippen LogP contribution in [0.3, 0.4) is 0 Å². The van der Waals surface area contributed by atoms with Crippen LogP contribution in [-0.4, -0.2) is 55.9 Å². The zero-order chi connectivity index (χ0) is 21.8. The van der Waals surface area contributed by atoms with E-state index >= 15 is 0 Å². The number of carbonyl (C=O) groups excluding carboxylic acids is 2. The van der Waals surface area contributed by atoms with Crippen molar-refractivity contribution < 1.29 is 24.2 Å². The van der Waals surface area contributed by atoms with E-state index in [0.29, 0.717) is 17.7 Å². The molecule has 2 aromatic rings. The molecule has 0 unspecified atom stereocenters. The van der Waals surface area contributed by atoms with Crippen molar-refractivity contribution in [2.24, 2.45) is 0 Å². The van der Waals surface area contributed by atoms with Gasteiger partial charge in [0, 0.05) is 24.7 Å². The predicted octanol–water partition coefficient (Wildman–Crippen LogP) is 4.24. The largest absolute Gasteiger partial charge is 0.506 e. The quantitative estimate of drug-likeness (QED) is 0.524. The van der Waals surface area contributed by atoms with E-state index < -0.39 is 18.0 Å². The lowest BCUT2D eigenvalue weighted by atomic mass is 9.92. The minimum absolute atomic E-state index is 0.0338. The summed E-state index contributed by atoms with van der Waals surface area (Å²) in [5.41, 5.74) is 1.57. The molecule has 2 aromatic carbocycles. The Morgan fingerprint density at radius 1 is 1.13 bits per heavy atom. The number of ketones is 2. The van der Waals surface area contributed by atoms with Crippen LogP contribution < -0.4 is 9.47 Å². The fourth-order valence-corrected chi connectivity index (χ4v) is 3.78. The average molecular weight is 430 g/mol. The van der Waals surface area contributed by atoms with Crippen LogP contribution in [0.15, 0.2) is 36.4 Å². The fourth-order valence-electron chi connectivity index (χ4n) is 3.54. The first kappa shape index (κ1) is 21.9. The third-order valence-corrected chi connectivity index (χ3v) is 5.51. The first-order valence-electron chi connectivity index (χ1n) is 9.54. The van der Waals surface area contributed by atoms with Crippen molar-refractivity contribution in [3.05, 3.63) is 58.1 Å². The van der Waals surface area contributed by atoms with E-state index in [1.54, 1.807) is 30.3 Å². The number of nitrogens with zero attached hydrogens (tertiary/aromatic N) is 1. The third kappa shape index (κ3) is 4.35. The Bertz CT molecular complexity index is 1010. The van der Waals surface area contributed by atoms with Gasteiger partial charge in [0.25, 0.3) is 0 Å². The normalized spacial score (nSPS) is 14.2. The molecule has 1 aliphatic rings. The van der Waals surface area contributed by atoms with Gasteiger partial charge in [0.15, 0.2) is 11.6 Å². The number of likely N-dealkylation sites (N-methyl/N-ethyl adjacent to an activating group) is 1. The molecule has 0 aliphatic carbocycles. The van der Waals surface area contributed by atoms with Gasteiger partial charge in [-0.2, -0.15) is 0 Å². The van der Waals surface area contributed by atoms with Crippen molar-refractivity contribution in [2.75, 3.05) is 34.4 Å². The molecule has 0 amide bonds. The molecule has 0 saturated carbocycles. The van der Waals surface area contributed by atoms with Gasteiger partial charge in [0.05, 0.1) is 31.2 Å². The zero-order valence-electron chi connectivity index (χ0n) is 17.2. The van der Waals surface area contributed by atoms with Crippen molar-refractivity contribution in [1.82, 2.24) is 4.90 Å². The number of methoxy groups -OCH3 is 2. The highest BCUT2D eigenvalue weighted by Gasteiger charge is 2.28. The fraction of sp³-hybridized carbons (Fsp3) is 0.304. The van der Waals surface area contributed by atoms with Gasteiger partial charge in [-0.15, -0.1) is 0 Å². The van der Waals surface area contributed by atoms with Crippen LogP contribution in [0.4, 0.5) is 0 Å². The van der Waals surface area contributed by atoms with Gasteiger partial charge < -0.3 is 19.5 Å². The monoisotopic (exact) mass is 429 g/mol. The van der Waals surface area contributed by atoms with E-state index in [1.165, 1.54) is 14.2 Å². The molecule has 0 saturated heterocycles. The van der Waals surface area contributed by atoms with Crippen LogP contribution >= 0.6 is 11.6 Å². The first-order valence-corrected chi connectivity index (χ1v) is 9.92. The molecule has 0 fully saturated rings. The highest BCUT2D eigenvalue weighted by Crippen LogP contribution is 2.44. The Kier molecular flexibility index (Phi) is 6.80. The predicted molar refractivity (Wildman–Crippen MR) is 116 cm³/mol. The van der Waals surface area contributed by atoms with Gasteiger partial charge in [-0.25, -0.2) is 0 Å². The van der Waals surface area contributed by atoms with Crippen LogP contribution in [0.2, 0.25) is 5.02 Å². The Hall–Kier alpha value is -2.83. The van der Waals surface area contributed by atoms with Gasteiger partial charge in [-0.05, 0) is 31.2 Å². The Labute approximate surface area is 180 Å². The number of aromatic hydroxyl groups is 1. The van der Waals surface area contributed by atoms with E-state index in [-0.39, 0.29) is 27.6 Å². The summed E-state index contributed by atoms with van der Waals surface area (Å²) in [6, 6.07) is 8.12. The molecular formula is C23H24ClNO5. The molecule has 3 rings (SSSR count). The van der Waals surface area contributed by atoms with Gasteiger partial charge in [0.2, 0.25) is 0 Å². The van der Waals surface area contributed by atoms with Crippen LogP contribution in [0.5, 0.6) is 17.2 Å². The number of ether oxygens (including phenoxy) is 2. The topological polar surface area (TPSA) is 76.1 Å². The van der Waals surface area contributed by atoms with E-state index in [4.69, 9.17) is 21.1 Å². The standard InChI is InChI=1S/C23H24ClNO5/c1-25-10-8-14(9-11-25)21-19(29-2)13-20(30-3)22(23(21)28)18(27)12-17(26)15-6-4-5-7-16(15)24/h4-8,13,28H,9-12H2,1-3H3. The third-order valence-electron chi connectivity index (χ3n) is 5.18. The number of benzene rings is 2. The molecule has 1 N–H and O–H groups in total. The second-order valence-corrected chi connectivity index (χ2v) is 7.53. The summed E-state index contributed by atoms with van der Waals surface area (Å²) in [6.07, 6.45) is 2.25. The summed E-state index contributed by atoms with van der Waals surface area (Å²) in [4.78, 5) is 27.8. The lowest BCUT2D eigenvalue weighted by Gasteiger charge is -2.24. The molecule has 0 aromatic heterocycles. The highest BCUT2D eigenvalue weighted by atomic mass is 35.5. The molecule has 6 nitrogen and oxygen atoms in total. The number of hydrogen-bond acceptors (Lipinski definition) is 6. The number of Topliss-reactive ketones (excluding diaryl/α,β-unsaturated/α-hetero) is 2. The van der Waals surface area contributed by atoms with Crippen molar-refractivity contribution in [2.45, 2.75) is 12.8 Å². The molecule has 30 heavy (non-hydrogen) atoms. The zero-order valence-corrected chi connectivity index (χ0v) is 18.0. The molecule has 7 heteroatoms. The number of halogens is 1. The summed E-state index contributed by atoms with van der Waals surface area (Å²) in [5, 5.41) is 11.3. The SMILES string of the molecule is COc1cc(OC)c(C2=CCN(C)CC2)c(O)c1C(=O)CC(=O)c1ccccc1Cl. The second-order valence-electron chi connectivity index (χ2n) is 7.12. The lowest BCUT2D eigenvalue weighted by molar-refractivity contribution is 0.0891. The van der Waals surface area contributed by atoms with Crippen LogP contribution in [0.1, 0.15) is 39.1 Å². The summed E-state index contributed by atoms with van der Waals surface area (Å²) >= 11 is 6.08. The van der Waals surface area contributed by atoms with Crippen LogP contribution in [-0.2, 0) is 0 Å². The molecule has 1 heterocycles. The first-order chi connectivity index (χ1) is 14.4. The molecule has 0 radical (unpaired) electrons. The van der Waals surface area contributed by atoms with Crippen molar-refractivity contribution in [1.29, 1.82) is 0 Å². The maximum atomic E-state index is 13.1. The minimum atomic E-state index is -0.549. The summed E-state index contributed by atoms with van der Waals surface area (Å²) in [5.74, 6) is -0.652. The smallest absolute Gasteiger partial charge is 0.178 e. The number of rotatable bonds is 7. The molecule has 158 valence electrons. The van der Waals surface area contributed by atoms with E-state index in [0.717, 1.165) is 18.7 Å². The molecule has 1 aliphatic heterocycles. The number of carbonyl (C=O) groups is 2. The number of hydrogen-bond donors (Lipinski definition) is 1. The lowest BCUT2D eigenvalue weighted by Crippen LogP contribution is -2.24. The Morgan fingerprint density at radius 3 is 2.43 bits per heavy atom. The van der Waals surface area contributed by atoms with Gasteiger partial charge >= 0.3 is 0 Å². The van der Waals surface area contributed by atoms with Crippen LogP contribution in [0.25, 0.3) is 5.57 Å². The maximum absolute atomic E-state index is 13.1. The summed E-state index contributed by atoms with van der Waals surface area (Å²) < 4.78 is 10.8. The molecular weight excluding hydrogens is 406 g/mol. The summed E-state index contributed by atoms with van der Waals surface area (Å²) in [6.45, 7) is 1.53. The number of phenols is 1. The van der Waals surface area contributed by atoms with E-state index in [1.807, 2.05) is 13.1 Å². The highest BCUT2D eigenvalue weighted by molar-refractivity contribution is 6.34. The van der Waals surface area contributed by atoms with E-state index in [2.05, 4.69) is 4.90 Å². The van der Waals surface area contributed by atoms with Gasteiger partial charge in [0.1, 0.15) is 22.8 Å². The number of phenolic OH excluding ortho intramolecular Hbond substituents is 1. The minimum Gasteiger partial charge on any atom is -0.506 e. The van der Waals surface area contributed by atoms with Gasteiger partial charge in [-0.3, -0.25) is 9.59 Å². The van der Waals surface area contributed by atoms with Crippen molar-refractivity contribution in [3.63, 3.8) is 0 Å². The molecule has 0 bridgehead atoms. The second kappa shape index (κ2) is 9.32. The Balaban J connectivity index is 2.03. The Morgan fingerprint density at radius 2 is 1.83 bits per heavy atom. The molecule has 0 spiro atoms. The van der Waals surface area contributed by atoms with Crippen molar-refractivity contribution >= 4 is 28.7 Å². The van der Waals surface area contributed by atoms with Crippen LogP contribution in [0, 0.1) is 0 Å². The summed E-state index contributed by atoms with van der Waals surface area (Å²) in [7, 11) is 4.90. The molecule has 0 atom stereocenters.